The molecule has 0 aromatic rings. The Hall–Kier alpha value is -0.770. The van der Waals surface area contributed by atoms with Crippen LogP contribution in [0.2, 0.25) is 0 Å². The number of carbonyl (C=O) groups is 1. The predicted octanol–water partition coefficient (Wildman–Crippen LogP) is 2.09. The second-order valence-electron chi connectivity index (χ2n) is 6.11. The first-order chi connectivity index (χ1) is 7.96. The van der Waals surface area contributed by atoms with Gasteiger partial charge in [0.1, 0.15) is 5.60 Å². The van der Waals surface area contributed by atoms with Gasteiger partial charge in [0.25, 0.3) is 0 Å². The fourth-order valence-electron chi connectivity index (χ4n) is 2.45. The normalized spacial score (nSPS) is 26.5. The second kappa shape index (κ2) is 4.84. The number of likely N-dealkylation sites (tertiary alicyclic amines) is 2. The van der Waals surface area contributed by atoms with E-state index in [0.29, 0.717) is 6.04 Å². The molecule has 2 aliphatic heterocycles. The molecule has 0 aromatic carbocycles. The van der Waals surface area contributed by atoms with Crippen molar-refractivity contribution in [1.29, 1.82) is 0 Å². The highest BCUT2D eigenvalue weighted by Crippen LogP contribution is 2.22. The number of nitrogens with zero attached hydrogens (tertiary/aromatic N) is 2. The Bertz CT molecular complexity index is 282. The van der Waals surface area contributed by atoms with Crippen LogP contribution in [0.3, 0.4) is 0 Å². The molecular weight excluding hydrogens is 216 g/mol. The zero-order chi connectivity index (χ0) is 12.5. The Balaban J connectivity index is 1.85. The Morgan fingerprint density at radius 2 is 1.88 bits per heavy atom. The molecule has 2 saturated heterocycles. The summed E-state index contributed by atoms with van der Waals surface area (Å²) < 4.78 is 5.43. The number of piperidine rings is 1. The van der Waals surface area contributed by atoms with Crippen LogP contribution in [0.5, 0.6) is 0 Å². The molecule has 0 radical (unpaired) electrons. The van der Waals surface area contributed by atoms with Crippen LogP contribution >= 0.6 is 0 Å². The number of amides is 1. The van der Waals surface area contributed by atoms with E-state index in [1.54, 1.807) is 0 Å². The van der Waals surface area contributed by atoms with Gasteiger partial charge in [0, 0.05) is 19.1 Å². The molecule has 0 unspecified atom stereocenters. The summed E-state index contributed by atoms with van der Waals surface area (Å²) in [5, 5.41) is 0. The van der Waals surface area contributed by atoms with E-state index in [1.165, 1.54) is 25.9 Å². The maximum absolute atomic E-state index is 12.0. The molecule has 0 aromatic heterocycles. The van der Waals surface area contributed by atoms with Gasteiger partial charge in [0.15, 0.2) is 0 Å². The van der Waals surface area contributed by atoms with E-state index in [2.05, 4.69) is 4.90 Å². The van der Waals surface area contributed by atoms with E-state index in [4.69, 9.17) is 4.74 Å². The Labute approximate surface area is 104 Å². The zero-order valence-electron chi connectivity index (χ0n) is 11.2. The zero-order valence-corrected chi connectivity index (χ0v) is 11.2. The summed E-state index contributed by atoms with van der Waals surface area (Å²) in [4.78, 5) is 16.3. The average molecular weight is 240 g/mol. The monoisotopic (exact) mass is 240 g/mol. The first-order valence-corrected chi connectivity index (χ1v) is 6.68. The van der Waals surface area contributed by atoms with E-state index in [1.807, 2.05) is 25.7 Å². The van der Waals surface area contributed by atoms with Gasteiger partial charge in [-0.15, -0.1) is 0 Å². The molecule has 1 atom stereocenters. The van der Waals surface area contributed by atoms with Gasteiger partial charge >= 0.3 is 6.09 Å². The summed E-state index contributed by atoms with van der Waals surface area (Å²) in [5.74, 6) is 0. The molecule has 0 spiro atoms. The first-order valence-electron chi connectivity index (χ1n) is 6.68. The predicted molar refractivity (Wildman–Crippen MR) is 67.0 cm³/mol. The van der Waals surface area contributed by atoms with Gasteiger partial charge in [-0.25, -0.2) is 4.79 Å². The highest BCUT2D eigenvalue weighted by Gasteiger charge is 2.32. The summed E-state index contributed by atoms with van der Waals surface area (Å²) in [6.45, 7) is 9.85. The van der Waals surface area contributed by atoms with Crippen molar-refractivity contribution in [1.82, 2.24) is 9.80 Å². The molecular formula is C13H24N2O2. The van der Waals surface area contributed by atoms with Gasteiger partial charge in [0.2, 0.25) is 0 Å². The standard InChI is InChI=1S/C13H24N2O2/c1-13(2,3)17-12(16)15-7-4-6-11(10-15)14-8-5-9-14/h11H,4-10H2,1-3H3/t11-/m1/s1. The first kappa shape index (κ1) is 12.7. The summed E-state index contributed by atoms with van der Waals surface area (Å²) in [6.07, 6.45) is 3.48. The lowest BCUT2D eigenvalue weighted by molar-refractivity contribution is 0.00354. The molecule has 2 heterocycles. The Morgan fingerprint density at radius 3 is 2.41 bits per heavy atom. The molecule has 1 amide bonds. The average Bonchev–Trinajstić information content (AvgIpc) is 2.12. The lowest BCUT2D eigenvalue weighted by Crippen LogP contribution is -2.54. The summed E-state index contributed by atoms with van der Waals surface area (Å²) >= 11 is 0. The highest BCUT2D eigenvalue weighted by molar-refractivity contribution is 5.68. The van der Waals surface area contributed by atoms with Crippen molar-refractivity contribution < 1.29 is 9.53 Å². The number of carbonyl (C=O) groups excluding carboxylic acids is 1. The SMILES string of the molecule is CC(C)(C)OC(=O)N1CCC[C@@H](N2CCC2)C1. The van der Waals surface area contributed by atoms with E-state index >= 15 is 0 Å². The van der Waals surface area contributed by atoms with Crippen LogP contribution in [0, 0.1) is 0 Å². The molecule has 4 heteroatoms. The summed E-state index contributed by atoms with van der Waals surface area (Å²) in [5.41, 5.74) is -0.388. The fourth-order valence-corrected chi connectivity index (χ4v) is 2.45. The molecule has 2 fully saturated rings. The quantitative estimate of drug-likeness (QED) is 0.703. The second-order valence-corrected chi connectivity index (χ2v) is 6.11. The molecule has 98 valence electrons. The Morgan fingerprint density at radius 1 is 1.18 bits per heavy atom. The van der Waals surface area contributed by atoms with Crippen LogP contribution in [0.4, 0.5) is 4.79 Å². The molecule has 0 saturated carbocycles. The molecule has 4 nitrogen and oxygen atoms in total. The molecule has 0 bridgehead atoms. The summed E-state index contributed by atoms with van der Waals surface area (Å²) in [6, 6.07) is 0.560. The van der Waals surface area contributed by atoms with Crippen LogP contribution < -0.4 is 0 Å². The third-order valence-electron chi connectivity index (χ3n) is 3.46. The maximum Gasteiger partial charge on any atom is 0.410 e. The van der Waals surface area contributed by atoms with Crippen molar-refractivity contribution in [2.24, 2.45) is 0 Å². The topological polar surface area (TPSA) is 32.8 Å². The summed E-state index contributed by atoms with van der Waals surface area (Å²) in [7, 11) is 0. The number of hydrogen-bond donors (Lipinski definition) is 0. The number of ether oxygens (including phenoxy) is 1. The van der Waals surface area contributed by atoms with E-state index in [0.717, 1.165) is 19.5 Å². The van der Waals surface area contributed by atoms with Crippen molar-refractivity contribution in [3.8, 4) is 0 Å². The van der Waals surface area contributed by atoms with Gasteiger partial charge in [-0.05, 0) is 53.1 Å². The molecule has 0 aliphatic carbocycles. The molecule has 2 aliphatic rings. The van der Waals surface area contributed by atoms with Crippen molar-refractivity contribution in [3.05, 3.63) is 0 Å². The Kier molecular flexibility index (Phi) is 3.61. The number of rotatable bonds is 1. The van der Waals surface area contributed by atoms with Crippen LogP contribution in [0.15, 0.2) is 0 Å². The number of hydrogen-bond acceptors (Lipinski definition) is 3. The van der Waals surface area contributed by atoms with Crippen molar-refractivity contribution in [2.45, 2.75) is 51.7 Å². The van der Waals surface area contributed by atoms with E-state index in [-0.39, 0.29) is 11.7 Å². The van der Waals surface area contributed by atoms with Crippen LogP contribution in [-0.4, -0.2) is 53.7 Å². The van der Waals surface area contributed by atoms with Gasteiger partial charge in [-0.1, -0.05) is 0 Å². The minimum absolute atomic E-state index is 0.150. The third-order valence-corrected chi connectivity index (χ3v) is 3.46. The van der Waals surface area contributed by atoms with E-state index in [9.17, 15) is 4.79 Å². The molecule has 2 rings (SSSR count). The minimum Gasteiger partial charge on any atom is -0.444 e. The van der Waals surface area contributed by atoms with Crippen molar-refractivity contribution >= 4 is 6.09 Å². The molecule has 0 N–H and O–H groups in total. The van der Waals surface area contributed by atoms with E-state index < -0.39 is 0 Å². The largest absolute Gasteiger partial charge is 0.444 e. The van der Waals surface area contributed by atoms with Crippen LogP contribution in [-0.2, 0) is 4.74 Å². The van der Waals surface area contributed by atoms with Gasteiger partial charge in [0.05, 0.1) is 0 Å². The maximum atomic E-state index is 12.0. The van der Waals surface area contributed by atoms with Gasteiger partial charge in [-0.2, -0.15) is 0 Å². The lowest BCUT2D eigenvalue weighted by Gasteiger charge is -2.43. The lowest BCUT2D eigenvalue weighted by atomic mass is 10.0. The molecule has 17 heavy (non-hydrogen) atoms. The smallest absolute Gasteiger partial charge is 0.410 e. The van der Waals surface area contributed by atoms with Gasteiger partial charge in [-0.3, -0.25) is 4.90 Å². The van der Waals surface area contributed by atoms with Crippen LogP contribution in [0.1, 0.15) is 40.0 Å². The van der Waals surface area contributed by atoms with Gasteiger partial charge < -0.3 is 9.64 Å². The van der Waals surface area contributed by atoms with Crippen molar-refractivity contribution in [2.75, 3.05) is 26.2 Å². The van der Waals surface area contributed by atoms with Crippen LogP contribution in [0.25, 0.3) is 0 Å². The fraction of sp³-hybridized carbons (Fsp3) is 0.923. The highest BCUT2D eigenvalue weighted by atomic mass is 16.6. The third kappa shape index (κ3) is 3.35. The minimum atomic E-state index is -0.388. The van der Waals surface area contributed by atoms with Crippen molar-refractivity contribution in [3.63, 3.8) is 0 Å².